The third-order valence-corrected chi connectivity index (χ3v) is 5.74. The lowest BCUT2D eigenvalue weighted by molar-refractivity contribution is -0.158. The van der Waals surface area contributed by atoms with E-state index in [9.17, 15) is 4.79 Å². The highest BCUT2D eigenvalue weighted by molar-refractivity contribution is 6.21. The molecule has 0 spiro atoms. The standard InChI is InChI=1S/C24H44ClNO2/c1-5-6-7-8-9-10-11-12-13-14-15-16-17-18-19-20-22(27)28-24(4,26)23(25)21(2)3/h9-10,12-13,21,23H,5-8,11,14-20,26H2,1-4H3/b10-9-,13-12-. The molecule has 0 aromatic rings. The molecule has 0 saturated heterocycles. The Bertz CT molecular complexity index is 444. The molecule has 0 aromatic heterocycles. The van der Waals surface area contributed by atoms with Crippen molar-refractivity contribution in [3.05, 3.63) is 24.3 Å². The normalized spacial score (nSPS) is 15.4. The SMILES string of the molecule is CCCCC/C=C\C/C=C\CCCCCCCC(=O)OC(C)(N)C(Cl)C(C)C. The van der Waals surface area contributed by atoms with Crippen molar-refractivity contribution in [3.8, 4) is 0 Å². The zero-order valence-corrected chi connectivity index (χ0v) is 19.5. The van der Waals surface area contributed by atoms with Gasteiger partial charge in [0.05, 0.1) is 5.38 Å². The molecule has 0 radical (unpaired) electrons. The number of hydrogen-bond donors (Lipinski definition) is 1. The molecule has 3 nitrogen and oxygen atoms in total. The van der Waals surface area contributed by atoms with Crippen molar-refractivity contribution < 1.29 is 9.53 Å². The van der Waals surface area contributed by atoms with Gasteiger partial charge in [0.25, 0.3) is 0 Å². The van der Waals surface area contributed by atoms with Gasteiger partial charge in [-0.25, -0.2) is 0 Å². The van der Waals surface area contributed by atoms with Gasteiger partial charge in [-0.05, 0) is 51.4 Å². The second kappa shape index (κ2) is 17.1. The minimum atomic E-state index is -1.11. The number of ether oxygens (including phenoxy) is 1. The Morgan fingerprint density at radius 2 is 1.50 bits per heavy atom. The highest BCUT2D eigenvalue weighted by atomic mass is 35.5. The summed E-state index contributed by atoms with van der Waals surface area (Å²) in [4.78, 5) is 11.9. The van der Waals surface area contributed by atoms with Crippen molar-refractivity contribution in [3.63, 3.8) is 0 Å². The molecule has 4 heteroatoms. The van der Waals surface area contributed by atoms with Gasteiger partial charge in [0.2, 0.25) is 0 Å². The van der Waals surface area contributed by atoms with Crippen LogP contribution < -0.4 is 5.73 Å². The van der Waals surface area contributed by atoms with Gasteiger partial charge in [-0.1, -0.05) is 77.2 Å². The fourth-order valence-corrected chi connectivity index (χ4v) is 3.14. The van der Waals surface area contributed by atoms with Crippen LogP contribution in [0.4, 0.5) is 0 Å². The second-order valence-electron chi connectivity index (χ2n) is 8.28. The third kappa shape index (κ3) is 15.2. The maximum Gasteiger partial charge on any atom is 0.307 e. The average Bonchev–Trinajstić information content (AvgIpc) is 2.63. The van der Waals surface area contributed by atoms with E-state index in [-0.39, 0.29) is 17.3 Å². The summed E-state index contributed by atoms with van der Waals surface area (Å²) in [5, 5.41) is -0.388. The number of nitrogens with two attached hydrogens (primary N) is 1. The molecule has 0 aromatic carbocycles. The minimum Gasteiger partial charge on any atom is -0.443 e. The number of halogens is 1. The average molecular weight is 414 g/mol. The fraction of sp³-hybridized carbons (Fsp3) is 0.792. The molecule has 2 unspecified atom stereocenters. The summed E-state index contributed by atoms with van der Waals surface area (Å²) in [6.45, 7) is 7.86. The Labute approximate surface area is 179 Å². The van der Waals surface area contributed by atoms with Gasteiger partial charge in [0, 0.05) is 6.42 Å². The van der Waals surface area contributed by atoms with E-state index >= 15 is 0 Å². The first kappa shape index (κ1) is 27.2. The number of carbonyl (C=O) groups excluding carboxylic acids is 1. The number of carbonyl (C=O) groups is 1. The number of rotatable bonds is 17. The molecule has 0 saturated carbocycles. The Morgan fingerprint density at radius 1 is 0.964 bits per heavy atom. The zero-order valence-electron chi connectivity index (χ0n) is 18.7. The van der Waals surface area contributed by atoms with Crippen molar-refractivity contribution in [2.75, 3.05) is 0 Å². The molecule has 0 aliphatic carbocycles. The van der Waals surface area contributed by atoms with Crippen LogP contribution in [-0.2, 0) is 9.53 Å². The van der Waals surface area contributed by atoms with Crippen LogP contribution in [0.3, 0.4) is 0 Å². The molecule has 2 atom stereocenters. The van der Waals surface area contributed by atoms with Crippen molar-refractivity contribution in [1.82, 2.24) is 0 Å². The van der Waals surface area contributed by atoms with E-state index in [0.717, 1.165) is 32.1 Å². The van der Waals surface area contributed by atoms with E-state index in [1.54, 1.807) is 6.92 Å². The lowest BCUT2D eigenvalue weighted by Crippen LogP contribution is -2.51. The number of unbranched alkanes of at least 4 members (excludes halogenated alkanes) is 8. The van der Waals surface area contributed by atoms with E-state index < -0.39 is 5.72 Å². The third-order valence-electron chi connectivity index (χ3n) is 4.80. The molecule has 0 aliphatic heterocycles. The summed E-state index contributed by atoms with van der Waals surface area (Å²) in [5.74, 6) is -0.0951. The summed E-state index contributed by atoms with van der Waals surface area (Å²) in [5.41, 5.74) is 4.93. The highest BCUT2D eigenvalue weighted by Crippen LogP contribution is 2.23. The molecule has 0 rings (SSSR count). The molecule has 164 valence electrons. The summed E-state index contributed by atoms with van der Waals surface area (Å²) < 4.78 is 5.37. The summed E-state index contributed by atoms with van der Waals surface area (Å²) >= 11 is 6.24. The first-order chi connectivity index (χ1) is 13.3. The fourth-order valence-electron chi connectivity index (χ4n) is 3.10. The molecule has 0 aliphatic rings. The van der Waals surface area contributed by atoms with Gasteiger partial charge >= 0.3 is 5.97 Å². The van der Waals surface area contributed by atoms with Crippen LogP contribution in [0.5, 0.6) is 0 Å². The number of esters is 1. The van der Waals surface area contributed by atoms with Gasteiger partial charge in [-0.15, -0.1) is 11.6 Å². The minimum absolute atomic E-state index is 0.153. The van der Waals surface area contributed by atoms with E-state index in [1.165, 1.54) is 38.5 Å². The first-order valence-corrected chi connectivity index (χ1v) is 11.7. The molecular weight excluding hydrogens is 370 g/mol. The number of hydrogen-bond acceptors (Lipinski definition) is 3. The Balaban J connectivity index is 3.59. The second-order valence-corrected chi connectivity index (χ2v) is 8.75. The summed E-state index contributed by atoms with van der Waals surface area (Å²) in [7, 11) is 0. The lowest BCUT2D eigenvalue weighted by atomic mass is 10.0. The largest absolute Gasteiger partial charge is 0.443 e. The molecule has 28 heavy (non-hydrogen) atoms. The Morgan fingerprint density at radius 3 is 2.07 bits per heavy atom. The molecule has 0 amide bonds. The van der Waals surface area contributed by atoms with Crippen LogP contribution in [0.2, 0.25) is 0 Å². The van der Waals surface area contributed by atoms with Crippen molar-refractivity contribution in [2.45, 2.75) is 116 Å². The monoisotopic (exact) mass is 413 g/mol. The van der Waals surface area contributed by atoms with E-state index in [2.05, 4.69) is 31.2 Å². The van der Waals surface area contributed by atoms with Gasteiger partial charge < -0.3 is 4.74 Å². The summed E-state index contributed by atoms with van der Waals surface area (Å²) in [6, 6.07) is 0. The maximum absolute atomic E-state index is 11.9. The molecular formula is C24H44ClNO2. The van der Waals surface area contributed by atoms with E-state index in [1.807, 2.05) is 13.8 Å². The van der Waals surface area contributed by atoms with Crippen LogP contribution in [0.25, 0.3) is 0 Å². The van der Waals surface area contributed by atoms with Crippen LogP contribution in [0.15, 0.2) is 24.3 Å². The summed E-state index contributed by atoms with van der Waals surface area (Å²) in [6.07, 6.45) is 22.3. The van der Waals surface area contributed by atoms with Crippen molar-refractivity contribution in [1.29, 1.82) is 0 Å². The van der Waals surface area contributed by atoms with E-state index in [4.69, 9.17) is 22.1 Å². The quantitative estimate of drug-likeness (QED) is 0.0895. The van der Waals surface area contributed by atoms with Crippen molar-refractivity contribution >= 4 is 17.6 Å². The van der Waals surface area contributed by atoms with Gasteiger partial charge in [-0.2, -0.15) is 0 Å². The molecule has 0 fully saturated rings. The molecule has 2 N–H and O–H groups in total. The lowest BCUT2D eigenvalue weighted by Gasteiger charge is -2.31. The highest BCUT2D eigenvalue weighted by Gasteiger charge is 2.34. The molecule has 0 bridgehead atoms. The topological polar surface area (TPSA) is 52.3 Å². The maximum atomic E-state index is 11.9. The van der Waals surface area contributed by atoms with E-state index in [0.29, 0.717) is 6.42 Å². The Kier molecular flexibility index (Phi) is 16.6. The smallest absolute Gasteiger partial charge is 0.307 e. The van der Waals surface area contributed by atoms with Crippen LogP contribution in [-0.4, -0.2) is 17.1 Å². The van der Waals surface area contributed by atoms with Gasteiger partial charge in [0.1, 0.15) is 0 Å². The first-order valence-electron chi connectivity index (χ1n) is 11.3. The van der Waals surface area contributed by atoms with Gasteiger partial charge in [0.15, 0.2) is 5.72 Å². The molecule has 0 heterocycles. The van der Waals surface area contributed by atoms with Crippen LogP contribution in [0, 0.1) is 5.92 Å². The zero-order chi connectivity index (χ0) is 21.3. The van der Waals surface area contributed by atoms with Crippen LogP contribution in [0.1, 0.15) is 105 Å². The van der Waals surface area contributed by atoms with Crippen molar-refractivity contribution in [2.24, 2.45) is 11.7 Å². The number of alkyl halides is 1. The Hall–Kier alpha value is -0.800. The van der Waals surface area contributed by atoms with Crippen LogP contribution >= 0.6 is 11.6 Å². The predicted molar refractivity (Wildman–Crippen MR) is 123 cm³/mol. The predicted octanol–water partition coefficient (Wildman–Crippen LogP) is 7.28. The van der Waals surface area contributed by atoms with Gasteiger partial charge in [-0.3, -0.25) is 10.5 Å². The number of allylic oxidation sites excluding steroid dienone is 4.